The third-order valence-electron chi connectivity index (χ3n) is 6.16. The Morgan fingerprint density at radius 3 is 2.24 bits per heavy atom. The van der Waals surface area contributed by atoms with E-state index in [-0.39, 0.29) is 11.9 Å². The maximum atomic E-state index is 12.7. The van der Waals surface area contributed by atoms with Crippen molar-refractivity contribution in [3.63, 3.8) is 0 Å². The van der Waals surface area contributed by atoms with Crippen LogP contribution in [0.5, 0.6) is 0 Å². The van der Waals surface area contributed by atoms with Gasteiger partial charge in [0.25, 0.3) is 0 Å². The predicted octanol–water partition coefficient (Wildman–Crippen LogP) is 5.62. The van der Waals surface area contributed by atoms with Gasteiger partial charge in [0.05, 0.1) is 11.4 Å². The molecule has 0 bridgehead atoms. The van der Waals surface area contributed by atoms with Crippen molar-refractivity contribution in [1.29, 1.82) is 0 Å². The minimum absolute atomic E-state index is 0.000283. The van der Waals surface area contributed by atoms with Crippen molar-refractivity contribution in [2.45, 2.75) is 35.6 Å². The van der Waals surface area contributed by atoms with Crippen molar-refractivity contribution in [1.82, 2.24) is 10.2 Å². The first-order valence-electron chi connectivity index (χ1n) is 11.7. The van der Waals surface area contributed by atoms with Crippen molar-refractivity contribution in [2.75, 3.05) is 29.9 Å². The molecule has 34 heavy (non-hydrogen) atoms. The fourth-order valence-electron chi connectivity index (χ4n) is 4.41. The van der Waals surface area contributed by atoms with E-state index < -0.39 is 0 Å². The lowest BCUT2D eigenvalue weighted by Gasteiger charge is -2.32. The molecule has 5 rings (SSSR count). The zero-order valence-corrected chi connectivity index (χ0v) is 19.8. The minimum atomic E-state index is -0.0565. The van der Waals surface area contributed by atoms with E-state index in [1.165, 1.54) is 9.79 Å². The van der Waals surface area contributed by atoms with Crippen LogP contribution in [0.3, 0.4) is 0 Å². The van der Waals surface area contributed by atoms with Gasteiger partial charge in [0.15, 0.2) is 0 Å². The summed E-state index contributed by atoms with van der Waals surface area (Å²) in [6.07, 6.45) is 2.51. The number of nitrogens with zero attached hydrogens (tertiary/aromatic N) is 2. The van der Waals surface area contributed by atoms with Gasteiger partial charge in [-0.05, 0) is 54.8 Å². The Balaban J connectivity index is 1.18. The molecule has 1 saturated heterocycles. The number of nitrogens with one attached hydrogen (secondary N) is 2. The number of hydrogen-bond acceptors (Lipinski definition) is 4. The Labute approximate surface area is 204 Å². The summed E-state index contributed by atoms with van der Waals surface area (Å²) in [5, 5.41) is 5.99. The van der Waals surface area contributed by atoms with Crippen LogP contribution in [0.1, 0.15) is 24.8 Å². The Hall–Kier alpha value is -3.45. The monoisotopic (exact) mass is 472 g/mol. The van der Waals surface area contributed by atoms with E-state index in [0.717, 1.165) is 48.6 Å². The first-order valence-corrected chi connectivity index (χ1v) is 12.5. The standard InChI is InChI=1S/C27H28N4O2S/c32-26(28-19-20-8-7-9-21(18-20)29-27(33)30-15-5-6-16-30)14-17-31-22-10-1-3-12-24(22)34-25-13-4-2-11-23(25)31/h1-4,7-13,18H,5-6,14-17,19H2,(H,28,32)(H,29,33). The molecule has 3 aromatic rings. The van der Waals surface area contributed by atoms with Crippen LogP contribution in [-0.2, 0) is 11.3 Å². The first-order chi connectivity index (χ1) is 16.7. The summed E-state index contributed by atoms with van der Waals surface area (Å²) in [5.74, 6) is -0.000283. The molecule has 0 atom stereocenters. The molecule has 0 aliphatic carbocycles. The Kier molecular flexibility index (Phi) is 6.72. The molecule has 174 valence electrons. The number of para-hydroxylation sites is 2. The fourth-order valence-corrected chi connectivity index (χ4v) is 5.50. The van der Waals surface area contributed by atoms with Crippen LogP contribution >= 0.6 is 11.8 Å². The average Bonchev–Trinajstić information content (AvgIpc) is 3.41. The van der Waals surface area contributed by atoms with Crippen LogP contribution in [-0.4, -0.2) is 36.5 Å². The van der Waals surface area contributed by atoms with Crippen LogP contribution in [0.15, 0.2) is 82.6 Å². The molecule has 3 amide bonds. The van der Waals surface area contributed by atoms with Gasteiger partial charge in [-0.2, -0.15) is 0 Å². The van der Waals surface area contributed by atoms with Gasteiger partial charge in [0, 0.05) is 48.1 Å². The quantitative estimate of drug-likeness (QED) is 0.489. The van der Waals surface area contributed by atoms with Crippen LogP contribution in [0, 0.1) is 0 Å². The van der Waals surface area contributed by atoms with Crippen LogP contribution in [0.25, 0.3) is 0 Å². The predicted molar refractivity (Wildman–Crippen MR) is 137 cm³/mol. The van der Waals surface area contributed by atoms with E-state index in [4.69, 9.17) is 0 Å². The highest BCUT2D eigenvalue weighted by Gasteiger charge is 2.23. The van der Waals surface area contributed by atoms with Gasteiger partial charge in [-0.1, -0.05) is 48.2 Å². The van der Waals surface area contributed by atoms with Gasteiger partial charge in [0.1, 0.15) is 0 Å². The van der Waals surface area contributed by atoms with Crippen molar-refractivity contribution >= 4 is 40.8 Å². The molecule has 0 unspecified atom stereocenters. The zero-order valence-electron chi connectivity index (χ0n) is 19.0. The van der Waals surface area contributed by atoms with E-state index in [0.29, 0.717) is 19.5 Å². The lowest BCUT2D eigenvalue weighted by molar-refractivity contribution is -0.121. The van der Waals surface area contributed by atoms with Gasteiger partial charge in [0.2, 0.25) is 5.91 Å². The summed E-state index contributed by atoms with van der Waals surface area (Å²) in [5.41, 5.74) is 3.99. The topological polar surface area (TPSA) is 64.7 Å². The van der Waals surface area contributed by atoms with Gasteiger partial charge < -0.3 is 20.4 Å². The number of carbonyl (C=O) groups is 2. The first kappa shape index (κ1) is 22.3. The van der Waals surface area contributed by atoms with Gasteiger partial charge in [-0.25, -0.2) is 4.79 Å². The number of urea groups is 1. The molecule has 7 heteroatoms. The van der Waals surface area contributed by atoms with Crippen molar-refractivity contribution in [2.24, 2.45) is 0 Å². The molecule has 2 heterocycles. The molecule has 0 saturated carbocycles. The smallest absolute Gasteiger partial charge is 0.321 e. The number of amides is 3. The van der Waals surface area contributed by atoms with Crippen molar-refractivity contribution in [3.05, 3.63) is 78.4 Å². The summed E-state index contributed by atoms with van der Waals surface area (Å²) >= 11 is 1.77. The third kappa shape index (κ3) is 5.04. The molecule has 2 aliphatic rings. The van der Waals surface area contributed by atoms with E-state index in [1.54, 1.807) is 11.8 Å². The lowest BCUT2D eigenvalue weighted by Crippen LogP contribution is -2.32. The van der Waals surface area contributed by atoms with E-state index in [1.807, 2.05) is 53.4 Å². The lowest BCUT2D eigenvalue weighted by atomic mass is 10.2. The summed E-state index contributed by atoms with van der Waals surface area (Å²) in [6, 6.07) is 24.2. The number of rotatable bonds is 6. The highest BCUT2D eigenvalue weighted by Crippen LogP contribution is 2.47. The molecule has 0 radical (unpaired) electrons. The molecule has 0 spiro atoms. The number of anilines is 3. The number of fused-ring (bicyclic) bond motifs is 2. The Morgan fingerprint density at radius 2 is 1.53 bits per heavy atom. The second kappa shape index (κ2) is 10.2. The van der Waals surface area contributed by atoms with Gasteiger partial charge >= 0.3 is 6.03 Å². The summed E-state index contributed by atoms with van der Waals surface area (Å²) in [4.78, 5) is 31.5. The second-order valence-electron chi connectivity index (χ2n) is 8.54. The summed E-state index contributed by atoms with van der Waals surface area (Å²) < 4.78 is 0. The highest BCUT2D eigenvalue weighted by molar-refractivity contribution is 7.99. The molecule has 2 aliphatic heterocycles. The minimum Gasteiger partial charge on any atom is -0.352 e. The zero-order chi connectivity index (χ0) is 23.3. The van der Waals surface area contributed by atoms with Crippen LogP contribution in [0.2, 0.25) is 0 Å². The second-order valence-corrected chi connectivity index (χ2v) is 9.62. The maximum absolute atomic E-state index is 12.7. The number of carbonyl (C=O) groups excluding carboxylic acids is 2. The summed E-state index contributed by atoms with van der Waals surface area (Å²) in [7, 11) is 0. The van der Waals surface area contributed by atoms with E-state index in [2.05, 4.69) is 39.8 Å². The van der Waals surface area contributed by atoms with Crippen molar-refractivity contribution in [3.8, 4) is 0 Å². The SMILES string of the molecule is O=C(CCN1c2ccccc2Sc2ccccc21)NCc1cccc(NC(=O)N2CCCC2)c1. The molecule has 1 fully saturated rings. The summed E-state index contributed by atoms with van der Waals surface area (Å²) in [6.45, 7) is 2.65. The van der Waals surface area contributed by atoms with Crippen molar-refractivity contribution < 1.29 is 9.59 Å². The van der Waals surface area contributed by atoms with E-state index >= 15 is 0 Å². The molecule has 2 N–H and O–H groups in total. The third-order valence-corrected chi connectivity index (χ3v) is 7.29. The van der Waals surface area contributed by atoms with Crippen LogP contribution in [0.4, 0.5) is 21.9 Å². The molecular formula is C27H28N4O2S. The highest BCUT2D eigenvalue weighted by atomic mass is 32.2. The molecular weight excluding hydrogens is 444 g/mol. The molecule has 6 nitrogen and oxygen atoms in total. The number of hydrogen-bond donors (Lipinski definition) is 2. The van der Waals surface area contributed by atoms with Crippen LogP contribution < -0.4 is 15.5 Å². The molecule has 0 aromatic heterocycles. The fraction of sp³-hybridized carbons (Fsp3) is 0.259. The Bertz CT molecular complexity index is 1150. The van der Waals surface area contributed by atoms with Gasteiger partial charge in [-0.15, -0.1) is 0 Å². The number of likely N-dealkylation sites (tertiary alicyclic amines) is 1. The normalized spacial score (nSPS) is 14.4. The largest absolute Gasteiger partial charge is 0.352 e. The molecule has 3 aromatic carbocycles. The van der Waals surface area contributed by atoms with Gasteiger partial charge in [-0.3, -0.25) is 4.79 Å². The number of benzene rings is 3. The van der Waals surface area contributed by atoms with E-state index in [9.17, 15) is 9.59 Å². The average molecular weight is 473 g/mol. The maximum Gasteiger partial charge on any atom is 0.321 e. The Morgan fingerprint density at radius 1 is 0.853 bits per heavy atom.